The molecule has 2 aromatic rings. The Morgan fingerprint density at radius 3 is 2.50 bits per heavy atom. The zero-order valence-electron chi connectivity index (χ0n) is 7.96. The molecule has 0 aromatic carbocycles. The average Bonchev–Trinajstić information content (AvgIpc) is 2.31. The van der Waals surface area contributed by atoms with E-state index in [1.807, 2.05) is 0 Å². The van der Waals surface area contributed by atoms with Crippen molar-refractivity contribution in [3.63, 3.8) is 0 Å². The van der Waals surface area contributed by atoms with E-state index in [1.165, 1.54) is 31.1 Å². The van der Waals surface area contributed by atoms with Gasteiger partial charge in [-0.1, -0.05) is 11.6 Å². The predicted octanol–water partition coefficient (Wildman–Crippen LogP) is 1.17. The van der Waals surface area contributed by atoms with Crippen molar-refractivity contribution in [2.45, 2.75) is 0 Å². The van der Waals surface area contributed by atoms with Gasteiger partial charge in [-0.25, -0.2) is 19.9 Å². The molecular formula is C9H6ClN5O. The van der Waals surface area contributed by atoms with E-state index in [2.05, 4.69) is 25.3 Å². The highest BCUT2D eigenvalue weighted by Gasteiger charge is 2.07. The summed E-state index contributed by atoms with van der Waals surface area (Å²) in [5, 5.41) is 2.80. The Labute approximate surface area is 95.7 Å². The molecule has 0 spiro atoms. The second kappa shape index (κ2) is 4.63. The van der Waals surface area contributed by atoms with E-state index >= 15 is 0 Å². The van der Waals surface area contributed by atoms with Gasteiger partial charge in [0.1, 0.15) is 17.2 Å². The molecule has 16 heavy (non-hydrogen) atoms. The number of rotatable bonds is 2. The van der Waals surface area contributed by atoms with Crippen molar-refractivity contribution in [3.05, 3.63) is 42.0 Å². The van der Waals surface area contributed by atoms with E-state index in [-0.39, 0.29) is 16.8 Å². The first kappa shape index (κ1) is 10.4. The minimum atomic E-state index is -0.390. The first-order chi connectivity index (χ1) is 7.75. The van der Waals surface area contributed by atoms with Crippen LogP contribution < -0.4 is 5.32 Å². The largest absolute Gasteiger partial charge is 0.318 e. The summed E-state index contributed by atoms with van der Waals surface area (Å²) in [6.07, 6.45) is 6.93. The molecule has 6 nitrogen and oxygen atoms in total. The molecule has 7 heteroatoms. The molecular weight excluding hydrogens is 230 g/mol. The van der Waals surface area contributed by atoms with Gasteiger partial charge in [-0.05, 0) is 0 Å². The third-order valence-corrected chi connectivity index (χ3v) is 1.87. The van der Waals surface area contributed by atoms with Gasteiger partial charge in [-0.2, -0.15) is 0 Å². The number of aromatic nitrogens is 4. The summed E-state index contributed by atoms with van der Waals surface area (Å²) >= 11 is 5.55. The Hall–Kier alpha value is -2.08. The topological polar surface area (TPSA) is 80.7 Å². The predicted molar refractivity (Wildman–Crippen MR) is 57.0 cm³/mol. The second-order valence-corrected chi connectivity index (χ2v) is 3.19. The molecule has 0 bridgehead atoms. The van der Waals surface area contributed by atoms with Crippen molar-refractivity contribution >= 4 is 23.2 Å². The van der Waals surface area contributed by atoms with Crippen molar-refractivity contribution in [1.82, 2.24) is 19.9 Å². The number of hydrogen-bond acceptors (Lipinski definition) is 5. The van der Waals surface area contributed by atoms with Crippen molar-refractivity contribution in [2.75, 3.05) is 5.32 Å². The smallest absolute Gasteiger partial charge is 0.275 e. The van der Waals surface area contributed by atoms with Crippen LogP contribution in [0.3, 0.4) is 0 Å². The van der Waals surface area contributed by atoms with Crippen molar-refractivity contribution in [3.8, 4) is 0 Å². The summed E-state index contributed by atoms with van der Waals surface area (Å²) in [5.74, 6) is -0.390. The fraction of sp³-hybridized carbons (Fsp3) is 0. The van der Waals surface area contributed by atoms with E-state index in [0.29, 0.717) is 5.69 Å². The van der Waals surface area contributed by atoms with E-state index < -0.39 is 0 Å². The van der Waals surface area contributed by atoms with Crippen LogP contribution in [0.2, 0.25) is 5.15 Å². The van der Waals surface area contributed by atoms with Crippen molar-refractivity contribution in [2.24, 2.45) is 0 Å². The fourth-order valence-electron chi connectivity index (χ4n) is 0.988. The van der Waals surface area contributed by atoms with Crippen LogP contribution in [0.4, 0.5) is 5.69 Å². The Morgan fingerprint density at radius 2 is 1.88 bits per heavy atom. The van der Waals surface area contributed by atoms with Crippen LogP contribution in [0.5, 0.6) is 0 Å². The maximum absolute atomic E-state index is 11.6. The summed E-state index contributed by atoms with van der Waals surface area (Å²) in [5.41, 5.74) is 0.664. The highest BCUT2D eigenvalue weighted by Crippen LogP contribution is 2.05. The Bertz CT molecular complexity index is 487. The number of amides is 1. The van der Waals surface area contributed by atoms with Gasteiger partial charge in [-0.3, -0.25) is 4.79 Å². The van der Waals surface area contributed by atoms with Crippen LogP contribution in [-0.2, 0) is 0 Å². The van der Waals surface area contributed by atoms with Crippen LogP contribution >= 0.6 is 11.6 Å². The van der Waals surface area contributed by atoms with E-state index in [1.54, 1.807) is 0 Å². The maximum Gasteiger partial charge on any atom is 0.275 e. The van der Waals surface area contributed by atoms with Crippen LogP contribution in [-0.4, -0.2) is 25.8 Å². The first-order valence-electron chi connectivity index (χ1n) is 4.29. The van der Waals surface area contributed by atoms with E-state index in [9.17, 15) is 4.79 Å². The molecule has 0 atom stereocenters. The number of carbonyl (C=O) groups is 1. The minimum Gasteiger partial charge on any atom is -0.318 e. The molecule has 1 amide bonds. The van der Waals surface area contributed by atoms with E-state index in [4.69, 9.17) is 11.6 Å². The molecule has 0 aliphatic rings. The SMILES string of the molecule is O=C(Nc1cncnc1)c1cnc(Cl)cn1. The highest BCUT2D eigenvalue weighted by atomic mass is 35.5. The van der Waals surface area contributed by atoms with Crippen LogP contribution in [0.15, 0.2) is 31.1 Å². The highest BCUT2D eigenvalue weighted by molar-refractivity contribution is 6.29. The Balaban J connectivity index is 2.12. The molecule has 0 fully saturated rings. The van der Waals surface area contributed by atoms with Gasteiger partial charge < -0.3 is 5.32 Å². The van der Waals surface area contributed by atoms with Gasteiger partial charge in [0.2, 0.25) is 0 Å². The van der Waals surface area contributed by atoms with Gasteiger partial charge in [0.25, 0.3) is 5.91 Å². The first-order valence-corrected chi connectivity index (χ1v) is 4.67. The molecule has 0 unspecified atom stereocenters. The van der Waals surface area contributed by atoms with Gasteiger partial charge in [-0.15, -0.1) is 0 Å². The number of hydrogen-bond donors (Lipinski definition) is 1. The summed E-state index contributed by atoms with van der Waals surface area (Å²) < 4.78 is 0. The van der Waals surface area contributed by atoms with Crippen molar-refractivity contribution in [1.29, 1.82) is 0 Å². The lowest BCUT2D eigenvalue weighted by Gasteiger charge is -2.02. The molecule has 1 N–H and O–H groups in total. The summed E-state index contributed by atoms with van der Waals surface area (Å²) in [4.78, 5) is 26.7. The third-order valence-electron chi connectivity index (χ3n) is 1.67. The molecule has 2 rings (SSSR count). The lowest BCUT2D eigenvalue weighted by molar-refractivity contribution is 0.102. The summed E-state index contributed by atoms with van der Waals surface area (Å²) in [6, 6.07) is 0. The van der Waals surface area contributed by atoms with Gasteiger partial charge >= 0.3 is 0 Å². The number of carbonyl (C=O) groups excluding carboxylic acids is 1. The molecule has 80 valence electrons. The number of nitrogens with one attached hydrogen (secondary N) is 1. The third kappa shape index (κ3) is 2.48. The number of nitrogens with zero attached hydrogens (tertiary/aromatic N) is 4. The normalized spacial score (nSPS) is 9.81. The number of anilines is 1. The Kier molecular flexibility index (Phi) is 3.02. The van der Waals surface area contributed by atoms with Gasteiger partial charge in [0.05, 0.1) is 30.5 Å². The fourth-order valence-corrected chi connectivity index (χ4v) is 1.09. The van der Waals surface area contributed by atoms with E-state index in [0.717, 1.165) is 0 Å². The van der Waals surface area contributed by atoms with Crippen LogP contribution in [0, 0.1) is 0 Å². The minimum absolute atomic E-state index is 0.174. The Morgan fingerprint density at radius 1 is 1.12 bits per heavy atom. The van der Waals surface area contributed by atoms with Crippen LogP contribution in [0.1, 0.15) is 10.5 Å². The van der Waals surface area contributed by atoms with Crippen LogP contribution in [0.25, 0.3) is 0 Å². The number of halogens is 1. The zero-order chi connectivity index (χ0) is 11.4. The molecule has 0 saturated heterocycles. The average molecular weight is 236 g/mol. The molecule has 0 aliphatic heterocycles. The molecule has 2 heterocycles. The van der Waals surface area contributed by atoms with Crippen molar-refractivity contribution < 1.29 is 4.79 Å². The zero-order valence-corrected chi connectivity index (χ0v) is 8.72. The van der Waals surface area contributed by atoms with Gasteiger partial charge in [0.15, 0.2) is 0 Å². The monoisotopic (exact) mass is 235 g/mol. The summed E-state index contributed by atoms with van der Waals surface area (Å²) in [6.45, 7) is 0. The van der Waals surface area contributed by atoms with Gasteiger partial charge in [0, 0.05) is 0 Å². The maximum atomic E-state index is 11.6. The molecule has 0 saturated carbocycles. The molecule has 2 aromatic heterocycles. The lowest BCUT2D eigenvalue weighted by Crippen LogP contribution is -2.14. The lowest BCUT2D eigenvalue weighted by atomic mass is 10.4. The quantitative estimate of drug-likeness (QED) is 0.845. The molecule has 0 aliphatic carbocycles. The summed E-state index contributed by atoms with van der Waals surface area (Å²) in [7, 11) is 0. The molecule has 0 radical (unpaired) electrons. The standard InChI is InChI=1S/C9H6ClN5O/c10-8-4-13-7(3-14-8)9(16)15-6-1-11-5-12-2-6/h1-5H,(H,15,16). The second-order valence-electron chi connectivity index (χ2n) is 2.81.